The van der Waals surface area contributed by atoms with Gasteiger partial charge in [-0.3, -0.25) is 9.69 Å². The molecule has 0 bridgehead atoms. The predicted octanol–water partition coefficient (Wildman–Crippen LogP) is 4.36. The van der Waals surface area contributed by atoms with E-state index in [1.54, 1.807) is 6.20 Å². The van der Waals surface area contributed by atoms with Crippen LogP contribution in [0.25, 0.3) is 33.3 Å². The second-order valence-electron chi connectivity index (χ2n) is 8.17. The van der Waals surface area contributed by atoms with Gasteiger partial charge in [0.1, 0.15) is 11.6 Å². The Bertz CT molecular complexity index is 1190. The first-order chi connectivity index (χ1) is 14.1. The van der Waals surface area contributed by atoms with E-state index in [1.165, 1.54) is 10.9 Å². The maximum absolute atomic E-state index is 11.5. The number of hydrogen-bond acceptors (Lipinski definition) is 4. The van der Waals surface area contributed by atoms with Crippen molar-refractivity contribution in [2.24, 2.45) is 0 Å². The van der Waals surface area contributed by atoms with Crippen molar-refractivity contribution >= 4 is 27.9 Å². The van der Waals surface area contributed by atoms with E-state index in [4.69, 9.17) is 0 Å². The zero-order chi connectivity index (χ0) is 20.0. The molecule has 2 N–H and O–H groups in total. The molecule has 0 atom stereocenters. The number of imidazole rings is 1. The molecule has 148 valence electrons. The summed E-state index contributed by atoms with van der Waals surface area (Å²) in [6.07, 6.45) is 5.21. The fraction of sp³-hybridized carbons (Fsp3) is 0.348. The average molecular weight is 387 g/mol. The Labute approximate surface area is 169 Å². The van der Waals surface area contributed by atoms with Crippen LogP contribution in [-0.2, 0) is 11.3 Å². The van der Waals surface area contributed by atoms with Crippen LogP contribution < -0.4 is 0 Å². The SMILES string of the molecule is Cc1nc2nccc(-c3cc4ccc(CN(C)C5CCC(=O)CC5)cc4[nH]3)c2[nH]1. The van der Waals surface area contributed by atoms with Gasteiger partial charge in [-0.15, -0.1) is 0 Å². The summed E-state index contributed by atoms with van der Waals surface area (Å²) in [5.41, 5.74) is 6.26. The first kappa shape index (κ1) is 18.1. The Balaban J connectivity index is 1.42. The highest BCUT2D eigenvalue weighted by Gasteiger charge is 2.22. The summed E-state index contributed by atoms with van der Waals surface area (Å²) in [5, 5.41) is 1.19. The van der Waals surface area contributed by atoms with Gasteiger partial charge in [0.05, 0.1) is 5.52 Å². The number of benzene rings is 1. The number of Topliss-reactive ketones (excluding diaryl/α,β-unsaturated/α-hetero) is 1. The van der Waals surface area contributed by atoms with Crippen LogP contribution in [0.4, 0.5) is 0 Å². The van der Waals surface area contributed by atoms with E-state index < -0.39 is 0 Å². The van der Waals surface area contributed by atoms with E-state index >= 15 is 0 Å². The molecule has 29 heavy (non-hydrogen) atoms. The van der Waals surface area contributed by atoms with Gasteiger partial charge in [0.25, 0.3) is 0 Å². The van der Waals surface area contributed by atoms with Crippen molar-refractivity contribution in [1.29, 1.82) is 0 Å². The number of nitrogens with one attached hydrogen (secondary N) is 2. The number of aryl methyl sites for hydroxylation is 1. The van der Waals surface area contributed by atoms with Gasteiger partial charge >= 0.3 is 0 Å². The van der Waals surface area contributed by atoms with Crippen LogP contribution in [0.1, 0.15) is 37.1 Å². The number of nitrogens with zero attached hydrogens (tertiary/aromatic N) is 3. The van der Waals surface area contributed by atoms with Crippen LogP contribution in [-0.4, -0.2) is 43.7 Å². The molecule has 0 amide bonds. The Hall–Kier alpha value is -2.99. The molecule has 6 heteroatoms. The molecule has 1 saturated carbocycles. The molecule has 1 aliphatic carbocycles. The number of carbonyl (C=O) groups excluding carboxylic acids is 1. The minimum Gasteiger partial charge on any atom is -0.354 e. The number of ketones is 1. The van der Waals surface area contributed by atoms with Crippen molar-refractivity contribution in [2.75, 3.05) is 7.05 Å². The van der Waals surface area contributed by atoms with Gasteiger partial charge in [-0.05, 0) is 50.6 Å². The molecule has 6 nitrogen and oxygen atoms in total. The van der Waals surface area contributed by atoms with Crippen LogP contribution in [0.3, 0.4) is 0 Å². The number of aromatic amines is 2. The summed E-state index contributed by atoms with van der Waals surface area (Å²) < 4.78 is 0. The van der Waals surface area contributed by atoms with Crippen LogP contribution in [0.2, 0.25) is 0 Å². The lowest BCUT2D eigenvalue weighted by Gasteiger charge is -2.30. The highest BCUT2D eigenvalue weighted by Crippen LogP contribution is 2.29. The highest BCUT2D eigenvalue weighted by molar-refractivity contribution is 5.94. The van der Waals surface area contributed by atoms with Gasteiger partial charge in [0, 0.05) is 53.8 Å². The summed E-state index contributed by atoms with van der Waals surface area (Å²) in [6, 6.07) is 11.3. The molecular weight excluding hydrogens is 362 g/mol. The van der Waals surface area contributed by atoms with Crippen molar-refractivity contribution in [3.05, 3.63) is 47.9 Å². The van der Waals surface area contributed by atoms with Gasteiger partial charge in [0.15, 0.2) is 5.65 Å². The number of carbonyl (C=O) groups is 1. The van der Waals surface area contributed by atoms with Crippen LogP contribution in [0.5, 0.6) is 0 Å². The summed E-state index contributed by atoms with van der Waals surface area (Å²) in [4.78, 5) is 29.6. The largest absolute Gasteiger partial charge is 0.354 e. The molecule has 5 rings (SSSR count). The molecule has 1 aromatic carbocycles. The molecule has 3 aromatic heterocycles. The van der Waals surface area contributed by atoms with Crippen molar-refractivity contribution in [2.45, 2.75) is 45.2 Å². The molecular formula is C23H25N5O. The topological polar surface area (TPSA) is 77.7 Å². The predicted molar refractivity (Wildman–Crippen MR) is 115 cm³/mol. The maximum atomic E-state index is 11.5. The molecule has 0 saturated heterocycles. The number of hydrogen-bond donors (Lipinski definition) is 2. The van der Waals surface area contributed by atoms with Gasteiger partial charge in [0.2, 0.25) is 0 Å². The third-order valence-corrected chi connectivity index (χ3v) is 6.06. The number of rotatable bonds is 4. The maximum Gasteiger partial charge on any atom is 0.178 e. The Morgan fingerprint density at radius 2 is 1.97 bits per heavy atom. The first-order valence-corrected chi connectivity index (χ1v) is 10.2. The lowest BCUT2D eigenvalue weighted by Crippen LogP contribution is -2.34. The molecule has 1 fully saturated rings. The standard InChI is InChI=1S/C23H25N5O/c1-14-25-22-19(9-10-24-23(22)26-14)21-12-16-4-3-15(11-20(16)27-21)13-28(2)17-5-7-18(29)8-6-17/h3-4,9-12,17,27H,5-8,13H2,1-2H3,(H,24,25,26). The van der Waals surface area contributed by atoms with E-state index in [-0.39, 0.29) is 0 Å². The lowest BCUT2D eigenvalue weighted by atomic mass is 9.93. The van der Waals surface area contributed by atoms with Crippen LogP contribution in [0.15, 0.2) is 36.5 Å². The minimum atomic E-state index is 0.410. The average Bonchev–Trinajstić information content (AvgIpc) is 3.30. The summed E-state index contributed by atoms with van der Waals surface area (Å²) in [5.74, 6) is 1.28. The van der Waals surface area contributed by atoms with Crippen molar-refractivity contribution in [3.63, 3.8) is 0 Å². The van der Waals surface area contributed by atoms with Gasteiger partial charge in [-0.25, -0.2) is 9.97 Å². The molecule has 0 spiro atoms. The highest BCUT2D eigenvalue weighted by atomic mass is 16.1. The quantitative estimate of drug-likeness (QED) is 0.545. The van der Waals surface area contributed by atoms with Crippen molar-refractivity contribution in [3.8, 4) is 11.3 Å². The summed E-state index contributed by atoms with van der Waals surface area (Å²) in [7, 11) is 2.17. The van der Waals surface area contributed by atoms with Crippen LogP contribution >= 0.6 is 0 Å². The number of fused-ring (bicyclic) bond motifs is 2. The zero-order valence-corrected chi connectivity index (χ0v) is 16.8. The number of H-pyrrole nitrogens is 2. The number of pyridine rings is 1. The Kier molecular flexibility index (Phi) is 4.43. The summed E-state index contributed by atoms with van der Waals surface area (Å²) >= 11 is 0. The van der Waals surface area contributed by atoms with E-state index in [0.717, 1.165) is 66.0 Å². The second-order valence-corrected chi connectivity index (χ2v) is 8.17. The van der Waals surface area contributed by atoms with E-state index in [2.05, 4.69) is 56.1 Å². The fourth-order valence-corrected chi connectivity index (χ4v) is 4.45. The van der Waals surface area contributed by atoms with Gasteiger partial charge in [-0.1, -0.05) is 12.1 Å². The molecule has 1 aliphatic rings. The van der Waals surface area contributed by atoms with E-state index in [1.807, 2.05) is 13.0 Å². The zero-order valence-electron chi connectivity index (χ0n) is 16.8. The molecule has 3 heterocycles. The van der Waals surface area contributed by atoms with E-state index in [0.29, 0.717) is 11.8 Å². The molecule has 4 aromatic rings. The van der Waals surface area contributed by atoms with E-state index in [9.17, 15) is 4.79 Å². The smallest absolute Gasteiger partial charge is 0.178 e. The fourth-order valence-electron chi connectivity index (χ4n) is 4.45. The van der Waals surface area contributed by atoms with Gasteiger partial charge in [-0.2, -0.15) is 0 Å². The minimum absolute atomic E-state index is 0.410. The lowest BCUT2D eigenvalue weighted by molar-refractivity contribution is -0.121. The summed E-state index contributed by atoms with van der Waals surface area (Å²) in [6.45, 7) is 2.84. The normalized spacial score (nSPS) is 15.8. The molecule has 0 aliphatic heterocycles. The Morgan fingerprint density at radius 3 is 2.79 bits per heavy atom. The third kappa shape index (κ3) is 3.44. The van der Waals surface area contributed by atoms with Crippen molar-refractivity contribution < 1.29 is 4.79 Å². The monoisotopic (exact) mass is 387 g/mol. The second kappa shape index (κ2) is 7.12. The van der Waals surface area contributed by atoms with Crippen LogP contribution in [0, 0.1) is 6.92 Å². The molecule has 0 radical (unpaired) electrons. The van der Waals surface area contributed by atoms with Gasteiger partial charge < -0.3 is 9.97 Å². The number of aromatic nitrogens is 4. The molecule has 0 unspecified atom stereocenters. The Morgan fingerprint density at radius 1 is 1.14 bits per heavy atom. The van der Waals surface area contributed by atoms with Crippen molar-refractivity contribution in [1.82, 2.24) is 24.8 Å². The third-order valence-electron chi connectivity index (χ3n) is 6.06. The first-order valence-electron chi connectivity index (χ1n) is 10.2.